The quantitative estimate of drug-likeness (QED) is 0.366. The lowest BCUT2D eigenvalue weighted by molar-refractivity contribution is -0.163. The van der Waals surface area contributed by atoms with Gasteiger partial charge in [0, 0.05) is 13.6 Å². The van der Waals surface area contributed by atoms with Gasteiger partial charge < -0.3 is 9.64 Å². The highest BCUT2D eigenvalue weighted by molar-refractivity contribution is 5.97. The number of amides is 1. The maximum absolute atomic E-state index is 12.4. The first-order valence-corrected chi connectivity index (χ1v) is 10.1. The summed E-state index contributed by atoms with van der Waals surface area (Å²) in [5, 5.41) is 2.55. The zero-order valence-electron chi connectivity index (χ0n) is 17.8. The molecule has 0 heterocycles. The van der Waals surface area contributed by atoms with E-state index in [0.717, 1.165) is 25.7 Å². The molecule has 2 aromatic rings. The number of aryl methyl sites for hydroxylation is 1. The average molecular weight is 384 g/mol. The van der Waals surface area contributed by atoms with Crippen LogP contribution in [0.4, 0.5) is 0 Å². The van der Waals surface area contributed by atoms with Crippen LogP contribution in [-0.2, 0) is 20.7 Å². The molecule has 2 aromatic carbocycles. The van der Waals surface area contributed by atoms with Crippen LogP contribution in [0.2, 0.25) is 0 Å². The molecule has 4 nitrogen and oxygen atoms in total. The minimum Gasteiger partial charge on any atom is -0.459 e. The van der Waals surface area contributed by atoms with Crippen LogP contribution in [0.15, 0.2) is 42.5 Å². The number of fused-ring (bicyclic) bond motifs is 1. The molecule has 0 spiro atoms. The second-order valence-electron chi connectivity index (χ2n) is 8.51. The molecule has 2 rings (SSSR count). The van der Waals surface area contributed by atoms with Crippen LogP contribution in [0.5, 0.6) is 0 Å². The standard InChI is InChI=1S/C24H33NO3/c1-18(23(27)28-24(2,3)4)22(26)25(5)16-10-6-7-11-19-14-15-20-12-8-9-13-21(20)17-19/h8-9,12-15,17-18H,6-7,10-11,16H2,1-5H3. The molecule has 0 aliphatic rings. The third-order valence-corrected chi connectivity index (χ3v) is 4.78. The van der Waals surface area contributed by atoms with E-state index >= 15 is 0 Å². The summed E-state index contributed by atoms with van der Waals surface area (Å²) in [6.07, 6.45) is 4.10. The molecular formula is C24H33NO3. The zero-order valence-corrected chi connectivity index (χ0v) is 17.8. The minimum absolute atomic E-state index is 0.177. The van der Waals surface area contributed by atoms with Crippen molar-refractivity contribution < 1.29 is 14.3 Å². The predicted molar refractivity (Wildman–Crippen MR) is 114 cm³/mol. The van der Waals surface area contributed by atoms with Crippen LogP contribution in [-0.4, -0.2) is 36.0 Å². The molecule has 0 saturated heterocycles. The van der Waals surface area contributed by atoms with Crippen molar-refractivity contribution in [1.29, 1.82) is 0 Å². The lowest BCUT2D eigenvalue weighted by atomic mass is 10.0. The minimum atomic E-state index is -0.762. The van der Waals surface area contributed by atoms with E-state index in [9.17, 15) is 9.59 Å². The Morgan fingerprint density at radius 3 is 2.36 bits per heavy atom. The van der Waals surface area contributed by atoms with Gasteiger partial charge in [-0.1, -0.05) is 48.9 Å². The maximum atomic E-state index is 12.4. The maximum Gasteiger partial charge on any atom is 0.318 e. The van der Waals surface area contributed by atoms with Crippen LogP contribution in [0, 0.1) is 5.92 Å². The summed E-state index contributed by atoms with van der Waals surface area (Å²) in [6, 6.07) is 15.0. The molecule has 0 N–H and O–H groups in total. The van der Waals surface area contributed by atoms with Gasteiger partial charge in [-0.05, 0) is 63.3 Å². The number of carbonyl (C=O) groups excluding carboxylic acids is 2. The van der Waals surface area contributed by atoms with Crippen molar-refractivity contribution in [1.82, 2.24) is 4.90 Å². The number of ether oxygens (including phenoxy) is 1. The van der Waals surface area contributed by atoms with Gasteiger partial charge in [-0.3, -0.25) is 9.59 Å². The fourth-order valence-electron chi connectivity index (χ4n) is 3.18. The van der Waals surface area contributed by atoms with Crippen molar-refractivity contribution in [3.05, 3.63) is 48.0 Å². The summed E-state index contributed by atoms with van der Waals surface area (Å²) in [5.41, 5.74) is 0.772. The Morgan fingerprint density at radius 1 is 1.00 bits per heavy atom. The Morgan fingerprint density at radius 2 is 1.68 bits per heavy atom. The highest BCUT2D eigenvalue weighted by Gasteiger charge is 2.29. The third-order valence-electron chi connectivity index (χ3n) is 4.78. The lowest BCUT2D eigenvalue weighted by Crippen LogP contribution is -2.39. The summed E-state index contributed by atoms with van der Waals surface area (Å²) in [6.45, 7) is 7.69. The average Bonchev–Trinajstić information content (AvgIpc) is 2.64. The lowest BCUT2D eigenvalue weighted by Gasteiger charge is -2.24. The summed E-state index contributed by atoms with van der Waals surface area (Å²) in [5.74, 6) is -1.40. The molecule has 0 aliphatic carbocycles. The number of hydrogen-bond donors (Lipinski definition) is 0. The highest BCUT2D eigenvalue weighted by Crippen LogP contribution is 2.17. The van der Waals surface area contributed by atoms with Crippen molar-refractivity contribution in [2.75, 3.05) is 13.6 Å². The predicted octanol–water partition coefficient (Wildman–Crippen LogP) is 4.99. The van der Waals surface area contributed by atoms with Gasteiger partial charge in [-0.25, -0.2) is 0 Å². The monoisotopic (exact) mass is 383 g/mol. The molecule has 28 heavy (non-hydrogen) atoms. The molecule has 1 amide bonds. The van der Waals surface area contributed by atoms with E-state index in [0.29, 0.717) is 6.54 Å². The van der Waals surface area contributed by atoms with Crippen LogP contribution >= 0.6 is 0 Å². The van der Waals surface area contributed by atoms with Crippen LogP contribution in [0.3, 0.4) is 0 Å². The Balaban J connectivity index is 1.71. The molecule has 0 radical (unpaired) electrons. The molecule has 0 fully saturated rings. The Labute approximate surface area is 168 Å². The normalized spacial score (nSPS) is 12.6. The van der Waals surface area contributed by atoms with E-state index in [4.69, 9.17) is 4.74 Å². The van der Waals surface area contributed by atoms with E-state index in [2.05, 4.69) is 42.5 Å². The second kappa shape index (κ2) is 9.72. The fourth-order valence-corrected chi connectivity index (χ4v) is 3.18. The molecule has 0 saturated carbocycles. The highest BCUT2D eigenvalue weighted by atomic mass is 16.6. The number of rotatable bonds is 8. The molecule has 4 heteroatoms. The van der Waals surface area contributed by atoms with Crippen molar-refractivity contribution in [3.63, 3.8) is 0 Å². The van der Waals surface area contributed by atoms with E-state index in [1.807, 2.05) is 0 Å². The molecular weight excluding hydrogens is 350 g/mol. The van der Waals surface area contributed by atoms with Crippen molar-refractivity contribution in [3.8, 4) is 0 Å². The molecule has 0 bridgehead atoms. The summed E-state index contributed by atoms with van der Waals surface area (Å²) < 4.78 is 5.31. The number of carbonyl (C=O) groups is 2. The molecule has 0 aliphatic heterocycles. The van der Waals surface area contributed by atoms with E-state index < -0.39 is 17.5 Å². The van der Waals surface area contributed by atoms with Gasteiger partial charge in [-0.15, -0.1) is 0 Å². The first-order chi connectivity index (χ1) is 13.2. The number of esters is 1. The van der Waals surface area contributed by atoms with Crippen molar-refractivity contribution in [2.24, 2.45) is 5.92 Å². The zero-order chi connectivity index (χ0) is 20.7. The number of hydrogen-bond acceptors (Lipinski definition) is 3. The van der Waals surface area contributed by atoms with Gasteiger partial charge in [0.05, 0.1) is 0 Å². The third kappa shape index (κ3) is 6.66. The van der Waals surface area contributed by atoms with Crippen LogP contribution < -0.4 is 0 Å². The second-order valence-corrected chi connectivity index (χ2v) is 8.51. The fraction of sp³-hybridized carbons (Fsp3) is 0.500. The number of nitrogens with zero attached hydrogens (tertiary/aromatic N) is 1. The Kier molecular flexibility index (Phi) is 7.61. The summed E-state index contributed by atoms with van der Waals surface area (Å²) in [7, 11) is 1.76. The van der Waals surface area contributed by atoms with Gasteiger partial charge in [0.1, 0.15) is 11.5 Å². The molecule has 0 aromatic heterocycles. The van der Waals surface area contributed by atoms with Gasteiger partial charge in [0.15, 0.2) is 0 Å². The van der Waals surface area contributed by atoms with E-state index in [-0.39, 0.29) is 5.91 Å². The van der Waals surface area contributed by atoms with Crippen LogP contribution in [0.25, 0.3) is 10.8 Å². The molecule has 152 valence electrons. The van der Waals surface area contributed by atoms with Crippen LogP contribution in [0.1, 0.15) is 52.5 Å². The van der Waals surface area contributed by atoms with Gasteiger partial charge >= 0.3 is 5.97 Å². The van der Waals surface area contributed by atoms with Gasteiger partial charge in [0.25, 0.3) is 0 Å². The summed E-state index contributed by atoms with van der Waals surface area (Å²) in [4.78, 5) is 26.1. The Hall–Kier alpha value is -2.36. The first kappa shape index (κ1) is 21.9. The smallest absolute Gasteiger partial charge is 0.318 e. The molecule has 1 atom stereocenters. The Bertz CT molecular complexity index is 807. The number of benzene rings is 2. The number of unbranched alkanes of at least 4 members (excludes halogenated alkanes) is 2. The van der Waals surface area contributed by atoms with Gasteiger partial charge in [-0.2, -0.15) is 0 Å². The van der Waals surface area contributed by atoms with Crippen molar-refractivity contribution >= 4 is 22.6 Å². The van der Waals surface area contributed by atoms with E-state index in [1.54, 1.807) is 39.6 Å². The summed E-state index contributed by atoms with van der Waals surface area (Å²) >= 11 is 0. The molecule has 1 unspecified atom stereocenters. The SMILES string of the molecule is CC(C(=O)OC(C)(C)C)C(=O)N(C)CCCCCc1ccc2ccccc2c1. The van der Waals surface area contributed by atoms with E-state index in [1.165, 1.54) is 16.3 Å². The van der Waals surface area contributed by atoms with Crippen molar-refractivity contribution in [2.45, 2.75) is 59.0 Å². The van der Waals surface area contributed by atoms with Gasteiger partial charge in [0.2, 0.25) is 5.91 Å². The first-order valence-electron chi connectivity index (χ1n) is 10.1. The topological polar surface area (TPSA) is 46.6 Å². The largest absolute Gasteiger partial charge is 0.459 e.